The summed E-state index contributed by atoms with van der Waals surface area (Å²) in [6.45, 7) is 1.99. The van der Waals surface area contributed by atoms with Crippen LogP contribution in [0.2, 0.25) is 0 Å². The molecule has 0 bridgehead atoms. The molecule has 2 aromatic heterocycles. The third-order valence-corrected chi connectivity index (χ3v) is 5.68. The fourth-order valence-electron chi connectivity index (χ4n) is 3.00. The van der Waals surface area contributed by atoms with Gasteiger partial charge < -0.3 is 10.1 Å². The summed E-state index contributed by atoms with van der Waals surface area (Å²) in [4.78, 5) is 30.7. The number of H-pyrrole nitrogens is 1. The monoisotopic (exact) mass is 439 g/mol. The van der Waals surface area contributed by atoms with Crippen LogP contribution < -0.4 is 5.56 Å². The Morgan fingerprint density at radius 2 is 2.00 bits per heavy atom. The van der Waals surface area contributed by atoms with Gasteiger partial charge in [0.15, 0.2) is 11.6 Å². The van der Waals surface area contributed by atoms with Crippen molar-refractivity contribution in [2.75, 3.05) is 0 Å². The quantitative estimate of drug-likeness (QED) is 0.330. The fourth-order valence-corrected chi connectivity index (χ4v) is 4.16. The molecular formula is C21H14ClN3O4S. The lowest BCUT2D eigenvalue weighted by Gasteiger charge is -2.03. The number of aryl methyl sites for hydroxylation is 1. The van der Waals surface area contributed by atoms with E-state index in [9.17, 15) is 20.0 Å². The summed E-state index contributed by atoms with van der Waals surface area (Å²) in [5.74, 6) is -0.286. The molecule has 30 heavy (non-hydrogen) atoms. The normalized spacial score (nSPS) is 11.7. The molecule has 0 unspecified atom stereocenters. The Morgan fingerprint density at radius 3 is 2.70 bits per heavy atom. The minimum absolute atomic E-state index is 0.110. The smallest absolute Gasteiger partial charge is 0.311 e. The molecule has 2 heterocycles. The van der Waals surface area contributed by atoms with Crippen molar-refractivity contribution in [2.24, 2.45) is 0 Å². The first-order valence-corrected chi connectivity index (χ1v) is 10.0. The Bertz CT molecular complexity index is 1370. The van der Waals surface area contributed by atoms with E-state index in [4.69, 9.17) is 11.6 Å². The molecule has 150 valence electrons. The van der Waals surface area contributed by atoms with Crippen LogP contribution in [0.3, 0.4) is 0 Å². The number of nitro benzene ring substituents is 1. The molecule has 0 aliphatic heterocycles. The molecule has 0 atom stereocenters. The van der Waals surface area contributed by atoms with Crippen LogP contribution in [0.5, 0.6) is 5.75 Å². The van der Waals surface area contributed by atoms with Crippen molar-refractivity contribution in [2.45, 2.75) is 6.92 Å². The Balaban J connectivity index is 1.76. The third kappa shape index (κ3) is 3.70. The fraction of sp³-hybridized carbons (Fsp3) is 0.0476. The Morgan fingerprint density at radius 1 is 1.27 bits per heavy atom. The Kier molecular flexibility index (Phi) is 5.11. The minimum atomic E-state index is -0.689. The molecule has 0 radical (unpaired) electrons. The SMILES string of the molecule is Cc1ccc(-c2csc3nc(/C(Cl)=C/c4ccc(O)c([N+](=O)[O-])c4)[nH]c(=O)c23)cc1. The van der Waals surface area contributed by atoms with Crippen LogP contribution >= 0.6 is 22.9 Å². The number of benzene rings is 2. The number of aromatic hydroxyl groups is 1. The van der Waals surface area contributed by atoms with E-state index in [0.29, 0.717) is 15.8 Å². The Hall–Kier alpha value is -3.49. The van der Waals surface area contributed by atoms with Crippen molar-refractivity contribution < 1.29 is 10.0 Å². The van der Waals surface area contributed by atoms with Crippen LogP contribution in [0.25, 0.3) is 32.5 Å². The number of thiophene rings is 1. The average Bonchev–Trinajstić information content (AvgIpc) is 3.14. The predicted molar refractivity (Wildman–Crippen MR) is 119 cm³/mol. The summed E-state index contributed by atoms with van der Waals surface area (Å²) < 4.78 is 0. The number of hydrogen-bond donors (Lipinski definition) is 2. The largest absolute Gasteiger partial charge is 0.502 e. The molecule has 0 saturated heterocycles. The summed E-state index contributed by atoms with van der Waals surface area (Å²) in [5, 5.41) is 23.0. The number of nitrogens with one attached hydrogen (secondary N) is 1. The van der Waals surface area contributed by atoms with Gasteiger partial charge in [0.1, 0.15) is 4.83 Å². The molecule has 7 nitrogen and oxygen atoms in total. The van der Waals surface area contributed by atoms with Crippen LogP contribution in [0.4, 0.5) is 5.69 Å². The highest BCUT2D eigenvalue weighted by molar-refractivity contribution is 7.17. The summed E-state index contributed by atoms with van der Waals surface area (Å²) in [6, 6.07) is 11.7. The van der Waals surface area contributed by atoms with E-state index in [1.807, 2.05) is 36.6 Å². The van der Waals surface area contributed by atoms with Gasteiger partial charge in [0.25, 0.3) is 5.56 Å². The number of aromatic amines is 1. The minimum Gasteiger partial charge on any atom is -0.502 e. The molecule has 0 fully saturated rings. The van der Waals surface area contributed by atoms with Gasteiger partial charge in [-0.05, 0) is 30.2 Å². The van der Waals surface area contributed by atoms with Gasteiger partial charge in [0.05, 0.1) is 15.3 Å². The van der Waals surface area contributed by atoms with Crippen LogP contribution in [-0.2, 0) is 0 Å². The van der Waals surface area contributed by atoms with Crippen molar-refractivity contribution in [1.82, 2.24) is 9.97 Å². The molecule has 9 heteroatoms. The Labute approximate surface area is 179 Å². The number of phenolic OH excluding ortho intramolecular Hbond substituents is 1. The van der Waals surface area contributed by atoms with Gasteiger partial charge in [-0.3, -0.25) is 14.9 Å². The van der Waals surface area contributed by atoms with Crippen molar-refractivity contribution in [3.05, 3.63) is 85.3 Å². The first-order valence-electron chi connectivity index (χ1n) is 8.77. The molecule has 0 spiro atoms. The summed E-state index contributed by atoms with van der Waals surface area (Å²) in [6.07, 6.45) is 1.44. The summed E-state index contributed by atoms with van der Waals surface area (Å²) >= 11 is 7.66. The molecule has 2 N–H and O–H groups in total. The molecule has 0 amide bonds. The lowest BCUT2D eigenvalue weighted by Crippen LogP contribution is -2.10. The van der Waals surface area contributed by atoms with E-state index >= 15 is 0 Å². The second-order valence-electron chi connectivity index (χ2n) is 6.61. The third-order valence-electron chi connectivity index (χ3n) is 4.52. The number of hydrogen-bond acceptors (Lipinski definition) is 6. The van der Waals surface area contributed by atoms with Gasteiger partial charge in [-0.2, -0.15) is 0 Å². The van der Waals surface area contributed by atoms with Crippen molar-refractivity contribution in [3.8, 4) is 16.9 Å². The average molecular weight is 440 g/mol. The van der Waals surface area contributed by atoms with Crippen LogP contribution in [-0.4, -0.2) is 20.0 Å². The second kappa shape index (κ2) is 7.74. The van der Waals surface area contributed by atoms with E-state index in [2.05, 4.69) is 9.97 Å². The molecular weight excluding hydrogens is 426 g/mol. The summed E-state index contributed by atoms with van der Waals surface area (Å²) in [7, 11) is 0. The lowest BCUT2D eigenvalue weighted by molar-refractivity contribution is -0.385. The van der Waals surface area contributed by atoms with Gasteiger partial charge in [-0.25, -0.2) is 4.98 Å². The van der Waals surface area contributed by atoms with Crippen LogP contribution in [0.1, 0.15) is 17.0 Å². The zero-order valence-electron chi connectivity index (χ0n) is 15.5. The van der Waals surface area contributed by atoms with E-state index in [0.717, 1.165) is 16.7 Å². The molecule has 0 aliphatic carbocycles. The highest BCUT2D eigenvalue weighted by Crippen LogP contribution is 2.32. The van der Waals surface area contributed by atoms with E-state index in [-0.39, 0.29) is 16.4 Å². The number of fused-ring (bicyclic) bond motifs is 1. The maximum atomic E-state index is 12.8. The van der Waals surface area contributed by atoms with Gasteiger partial charge in [0, 0.05) is 17.0 Å². The standard InChI is InChI=1S/C21H14ClN3O4S/c1-11-2-5-13(6-3-11)14-10-30-21-18(14)20(27)23-19(24-21)15(22)8-12-4-7-17(26)16(9-12)25(28)29/h2-10,26H,1H3,(H,23,24,27)/b15-8-. The molecule has 2 aromatic carbocycles. The topological polar surface area (TPSA) is 109 Å². The van der Waals surface area contributed by atoms with Crippen LogP contribution in [0.15, 0.2) is 52.6 Å². The lowest BCUT2D eigenvalue weighted by atomic mass is 10.1. The number of phenols is 1. The number of aromatic nitrogens is 2. The first-order chi connectivity index (χ1) is 14.3. The highest BCUT2D eigenvalue weighted by Gasteiger charge is 2.16. The zero-order valence-corrected chi connectivity index (χ0v) is 17.1. The summed E-state index contributed by atoms with van der Waals surface area (Å²) in [5.41, 5.74) is 2.47. The van der Waals surface area contributed by atoms with Crippen molar-refractivity contribution >= 4 is 50.0 Å². The number of nitrogens with zero attached hydrogens (tertiary/aromatic N) is 2. The van der Waals surface area contributed by atoms with Gasteiger partial charge in [-0.15, -0.1) is 11.3 Å². The maximum absolute atomic E-state index is 12.8. The van der Waals surface area contributed by atoms with Crippen molar-refractivity contribution in [3.63, 3.8) is 0 Å². The van der Waals surface area contributed by atoms with E-state index in [1.54, 1.807) is 0 Å². The first kappa shape index (κ1) is 19.8. The van der Waals surface area contributed by atoms with Crippen molar-refractivity contribution in [1.29, 1.82) is 0 Å². The molecule has 0 aliphatic rings. The maximum Gasteiger partial charge on any atom is 0.311 e. The molecule has 4 aromatic rings. The number of nitro groups is 1. The van der Waals surface area contributed by atoms with Gasteiger partial charge >= 0.3 is 5.69 Å². The van der Waals surface area contributed by atoms with Gasteiger partial charge in [0.2, 0.25) is 0 Å². The highest BCUT2D eigenvalue weighted by atomic mass is 35.5. The second-order valence-corrected chi connectivity index (χ2v) is 7.87. The zero-order chi connectivity index (χ0) is 21.4. The van der Waals surface area contributed by atoms with E-state index < -0.39 is 16.4 Å². The van der Waals surface area contributed by atoms with Gasteiger partial charge in [-0.1, -0.05) is 47.5 Å². The number of halogens is 1. The molecule has 4 rings (SSSR count). The molecule has 0 saturated carbocycles. The van der Waals surface area contributed by atoms with E-state index in [1.165, 1.54) is 35.6 Å². The predicted octanol–water partition coefficient (Wildman–Crippen LogP) is 5.31. The van der Waals surface area contributed by atoms with Crippen LogP contribution in [0, 0.1) is 17.0 Å². The number of rotatable bonds is 4.